The monoisotopic (exact) mass is 227 g/mol. The van der Waals surface area contributed by atoms with Crippen LogP contribution in [0.3, 0.4) is 0 Å². The topological polar surface area (TPSA) is 16.4 Å². The number of nitrogens with zero attached hydrogens (tertiary/aromatic N) is 1. The first kappa shape index (κ1) is 9.72. The van der Waals surface area contributed by atoms with Gasteiger partial charge in [-0.1, -0.05) is 18.2 Å². The third-order valence-corrected chi connectivity index (χ3v) is 4.47. The van der Waals surface area contributed by atoms with Crippen molar-refractivity contribution < 1.29 is 4.42 Å². The number of piperidine rings is 3. The Labute approximate surface area is 101 Å². The fourth-order valence-corrected chi connectivity index (χ4v) is 3.47. The van der Waals surface area contributed by atoms with Crippen LogP contribution in [0.1, 0.15) is 24.5 Å². The number of furan rings is 1. The van der Waals surface area contributed by atoms with Crippen LogP contribution < -0.4 is 0 Å². The van der Waals surface area contributed by atoms with Gasteiger partial charge in [-0.05, 0) is 44.0 Å². The van der Waals surface area contributed by atoms with E-state index >= 15 is 0 Å². The minimum atomic E-state index is 0.630. The third-order valence-electron chi connectivity index (χ3n) is 4.47. The Morgan fingerprint density at radius 3 is 2.65 bits per heavy atom. The van der Waals surface area contributed by atoms with Crippen molar-refractivity contribution in [2.75, 3.05) is 19.6 Å². The molecule has 0 saturated carbocycles. The number of hydrogen-bond donors (Lipinski definition) is 0. The summed E-state index contributed by atoms with van der Waals surface area (Å²) in [7, 11) is 0. The predicted molar refractivity (Wildman–Crippen MR) is 68.1 cm³/mol. The summed E-state index contributed by atoms with van der Waals surface area (Å²) >= 11 is 0. The van der Waals surface area contributed by atoms with Crippen LogP contribution in [0.5, 0.6) is 0 Å². The molecule has 2 aromatic rings. The summed E-state index contributed by atoms with van der Waals surface area (Å²) in [6.07, 6.45) is 2.70. The molecule has 5 rings (SSSR count). The maximum Gasteiger partial charge on any atom is 0.134 e. The maximum atomic E-state index is 6.03. The average Bonchev–Trinajstić information content (AvgIpc) is 2.83. The summed E-state index contributed by atoms with van der Waals surface area (Å²) in [5.41, 5.74) is 1.04. The molecular weight excluding hydrogens is 210 g/mol. The number of rotatable bonds is 1. The highest BCUT2D eigenvalue weighted by molar-refractivity contribution is 5.77. The molecule has 2 bridgehead atoms. The normalized spacial score (nSPS) is 32.1. The molecular formula is C15H17NO. The molecule has 88 valence electrons. The number of benzene rings is 1. The van der Waals surface area contributed by atoms with Gasteiger partial charge in [-0.15, -0.1) is 0 Å². The van der Waals surface area contributed by atoms with Gasteiger partial charge in [0.15, 0.2) is 0 Å². The Morgan fingerprint density at radius 2 is 1.94 bits per heavy atom. The van der Waals surface area contributed by atoms with Crippen molar-refractivity contribution in [1.29, 1.82) is 0 Å². The summed E-state index contributed by atoms with van der Waals surface area (Å²) in [6, 6.07) is 10.6. The summed E-state index contributed by atoms with van der Waals surface area (Å²) in [5, 5.41) is 1.25. The molecule has 0 aliphatic carbocycles. The molecule has 0 N–H and O–H groups in total. The minimum Gasteiger partial charge on any atom is -0.461 e. The van der Waals surface area contributed by atoms with Crippen molar-refractivity contribution in [3.63, 3.8) is 0 Å². The standard InChI is InChI=1S/C15H17NO/c1-2-4-14-12(3-1)9-15(17-14)13-10-16-7-5-11(13)6-8-16/h1-4,9,11,13H,5-8,10H2/t13-/m1/s1. The number of para-hydroxylation sites is 1. The Balaban J connectivity index is 1.74. The molecule has 2 heteroatoms. The second-order valence-corrected chi connectivity index (χ2v) is 5.43. The van der Waals surface area contributed by atoms with E-state index in [2.05, 4.69) is 29.2 Å². The van der Waals surface area contributed by atoms with Gasteiger partial charge in [-0.25, -0.2) is 0 Å². The molecule has 3 fully saturated rings. The second-order valence-electron chi connectivity index (χ2n) is 5.43. The Bertz CT molecular complexity index is 504. The molecule has 0 radical (unpaired) electrons. The zero-order chi connectivity index (χ0) is 11.2. The van der Waals surface area contributed by atoms with Crippen molar-refractivity contribution in [3.8, 4) is 0 Å². The van der Waals surface area contributed by atoms with Crippen LogP contribution in [-0.4, -0.2) is 24.5 Å². The lowest BCUT2D eigenvalue weighted by Gasteiger charge is -2.43. The molecule has 1 atom stereocenters. The summed E-state index contributed by atoms with van der Waals surface area (Å²) in [5.74, 6) is 2.69. The van der Waals surface area contributed by atoms with Gasteiger partial charge in [0.1, 0.15) is 11.3 Å². The molecule has 4 heterocycles. The molecule has 3 aliphatic rings. The van der Waals surface area contributed by atoms with Crippen molar-refractivity contribution in [3.05, 3.63) is 36.1 Å². The van der Waals surface area contributed by atoms with E-state index in [-0.39, 0.29) is 0 Å². The van der Waals surface area contributed by atoms with Crippen LogP contribution >= 0.6 is 0 Å². The smallest absolute Gasteiger partial charge is 0.134 e. The van der Waals surface area contributed by atoms with Gasteiger partial charge < -0.3 is 9.32 Å². The molecule has 0 unspecified atom stereocenters. The van der Waals surface area contributed by atoms with E-state index in [9.17, 15) is 0 Å². The zero-order valence-corrected chi connectivity index (χ0v) is 9.93. The van der Waals surface area contributed by atoms with Crippen molar-refractivity contribution in [1.82, 2.24) is 4.90 Å². The Kier molecular flexibility index (Phi) is 2.06. The quantitative estimate of drug-likeness (QED) is 0.743. The highest BCUT2D eigenvalue weighted by Gasteiger charge is 2.36. The Morgan fingerprint density at radius 1 is 1.12 bits per heavy atom. The third kappa shape index (κ3) is 1.51. The van der Waals surface area contributed by atoms with E-state index in [4.69, 9.17) is 4.42 Å². The van der Waals surface area contributed by atoms with Gasteiger partial charge in [0.05, 0.1) is 0 Å². The fourth-order valence-electron chi connectivity index (χ4n) is 3.47. The van der Waals surface area contributed by atoms with E-state index in [0.29, 0.717) is 5.92 Å². The van der Waals surface area contributed by atoms with Gasteiger partial charge in [0, 0.05) is 17.8 Å². The lowest BCUT2D eigenvalue weighted by molar-refractivity contribution is 0.0787. The highest BCUT2D eigenvalue weighted by Crippen LogP contribution is 2.40. The fraction of sp³-hybridized carbons (Fsp3) is 0.467. The van der Waals surface area contributed by atoms with Crippen molar-refractivity contribution in [2.24, 2.45) is 5.92 Å². The number of fused-ring (bicyclic) bond motifs is 4. The first-order valence-corrected chi connectivity index (χ1v) is 6.61. The van der Waals surface area contributed by atoms with E-state index in [1.54, 1.807) is 0 Å². The SMILES string of the molecule is c1ccc2oc([C@@H]3CN4CCC3CC4)cc2c1. The van der Waals surface area contributed by atoms with Crippen LogP contribution in [-0.2, 0) is 0 Å². The van der Waals surface area contributed by atoms with Gasteiger partial charge in [0.25, 0.3) is 0 Å². The largest absolute Gasteiger partial charge is 0.461 e. The molecule has 3 saturated heterocycles. The van der Waals surface area contributed by atoms with E-state index < -0.39 is 0 Å². The average molecular weight is 227 g/mol. The molecule has 2 nitrogen and oxygen atoms in total. The summed E-state index contributed by atoms with van der Waals surface area (Å²) in [6.45, 7) is 3.78. The summed E-state index contributed by atoms with van der Waals surface area (Å²) < 4.78 is 6.03. The van der Waals surface area contributed by atoms with Gasteiger partial charge in [0.2, 0.25) is 0 Å². The van der Waals surface area contributed by atoms with Crippen LogP contribution in [0.15, 0.2) is 34.7 Å². The zero-order valence-electron chi connectivity index (χ0n) is 9.93. The lowest BCUT2D eigenvalue weighted by Crippen LogP contribution is -2.46. The lowest BCUT2D eigenvalue weighted by atomic mass is 9.78. The summed E-state index contributed by atoms with van der Waals surface area (Å²) in [4.78, 5) is 2.58. The molecule has 1 aromatic heterocycles. The van der Waals surface area contributed by atoms with Crippen molar-refractivity contribution >= 4 is 11.0 Å². The van der Waals surface area contributed by atoms with Crippen LogP contribution in [0.4, 0.5) is 0 Å². The molecule has 0 spiro atoms. The number of hydrogen-bond acceptors (Lipinski definition) is 2. The molecule has 3 aliphatic heterocycles. The van der Waals surface area contributed by atoms with E-state index in [1.165, 1.54) is 43.6 Å². The van der Waals surface area contributed by atoms with Gasteiger partial charge >= 0.3 is 0 Å². The Hall–Kier alpha value is -1.28. The van der Waals surface area contributed by atoms with Crippen LogP contribution in [0.2, 0.25) is 0 Å². The van der Waals surface area contributed by atoms with E-state index in [0.717, 1.165) is 11.5 Å². The molecule has 1 aromatic carbocycles. The van der Waals surface area contributed by atoms with Crippen LogP contribution in [0.25, 0.3) is 11.0 Å². The highest BCUT2D eigenvalue weighted by atomic mass is 16.3. The maximum absolute atomic E-state index is 6.03. The van der Waals surface area contributed by atoms with Gasteiger partial charge in [-0.3, -0.25) is 0 Å². The minimum absolute atomic E-state index is 0.630. The first-order valence-electron chi connectivity index (χ1n) is 6.61. The molecule has 0 amide bonds. The van der Waals surface area contributed by atoms with E-state index in [1.807, 2.05) is 6.07 Å². The molecule has 17 heavy (non-hydrogen) atoms. The second kappa shape index (κ2) is 3.61. The van der Waals surface area contributed by atoms with Crippen LogP contribution in [0, 0.1) is 5.92 Å². The van der Waals surface area contributed by atoms with Gasteiger partial charge in [-0.2, -0.15) is 0 Å². The van der Waals surface area contributed by atoms with Crippen molar-refractivity contribution in [2.45, 2.75) is 18.8 Å². The first-order chi connectivity index (χ1) is 8.40. The predicted octanol–water partition coefficient (Wildman–Crippen LogP) is 3.24.